The van der Waals surface area contributed by atoms with Crippen LogP contribution in [-0.2, 0) is 13.1 Å². The highest BCUT2D eigenvalue weighted by Gasteiger charge is 2.29. The summed E-state index contributed by atoms with van der Waals surface area (Å²) in [4.78, 5) is 16.5. The van der Waals surface area contributed by atoms with Crippen LogP contribution in [0.5, 0.6) is 0 Å². The number of benzene rings is 2. The highest BCUT2D eigenvalue weighted by Crippen LogP contribution is 2.24. The SMILES string of the molecule is C[C@@H]1CN(Cc2ccc(C(=O)CO)cc2)C[C@H](C)N1Cc1ccccc1Cl. The third-order valence-electron chi connectivity index (χ3n) is 5.31. The third kappa shape index (κ3) is 4.96. The molecule has 0 spiro atoms. The first-order valence-corrected chi connectivity index (χ1v) is 9.80. The number of ketones is 1. The molecular formula is C22H27ClN2O2. The molecule has 1 aliphatic rings. The molecule has 1 aliphatic heterocycles. The van der Waals surface area contributed by atoms with Crippen molar-refractivity contribution < 1.29 is 9.90 Å². The van der Waals surface area contributed by atoms with Crippen molar-refractivity contribution in [2.24, 2.45) is 0 Å². The van der Waals surface area contributed by atoms with Gasteiger partial charge < -0.3 is 5.11 Å². The fourth-order valence-electron chi connectivity index (χ4n) is 3.88. The number of halogens is 1. The molecule has 3 rings (SSSR count). The zero-order valence-electron chi connectivity index (χ0n) is 15.9. The largest absolute Gasteiger partial charge is 0.388 e. The summed E-state index contributed by atoms with van der Waals surface area (Å²) in [6.07, 6.45) is 0. The van der Waals surface area contributed by atoms with E-state index in [-0.39, 0.29) is 5.78 Å². The molecule has 2 aromatic rings. The van der Waals surface area contributed by atoms with Gasteiger partial charge in [-0.05, 0) is 31.0 Å². The minimum absolute atomic E-state index is 0.239. The van der Waals surface area contributed by atoms with Crippen LogP contribution in [0.15, 0.2) is 48.5 Å². The van der Waals surface area contributed by atoms with Gasteiger partial charge in [0.2, 0.25) is 0 Å². The van der Waals surface area contributed by atoms with E-state index in [9.17, 15) is 4.79 Å². The minimum atomic E-state index is -0.443. The average molecular weight is 387 g/mol. The molecule has 0 aromatic heterocycles. The lowest BCUT2D eigenvalue weighted by Crippen LogP contribution is -2.55. The predicted octanol–water partition coefficient (Wildman–Crippen LogP) is 3.61. The summed E-state index contributed by atoms with van der Waals surface area (Å²) in [6, 6.07) is 16.5. The highest BCUT2D eigenvalue weighted by atomic mass is 35.5. The molecule has 5 heteroatoms. The number of hydrogen-bond acceptors (Lipinski definition) is 4. The molecule has 2 aromatic carbocycles. The molecule has 1 N–H and O–H groups in total. The summed E-state index contributed by atoms with van der Waals surface area (Å²) in [6.45, 7) is 7.81. The molecule has 27 heavy (non-hydrogen) atoms. The monoisotopic (exact) mass is 386 g/mol. The molecular weight excluding hydrogens is 360 g/mol. The van der Waals surface area contributed by atoms with Crippen molar-refractivity contribution in [1.29, 1.82) is 0 Å². The van der Waals surface area contributed by atoms with Crippen LogP contribution in [0.1, 0.15) is 35.3 Å². The van der Waals surface area contributed by atoms with Gasteiger partial charge in [0.1, 0.15) is 6.61 Å². The second-order valence-electron chi connectivity index (χ2n) is 7.43. The van der Waals surface area contributed by atoms with Crippen molar-refractivity contribution in [2.45, 2.75) is 39.0 Å². The second kappa shape index (κ2) is 8.98. The maximum absolute atomic E-state index is 11.5. The lowest BCUT2D eigenvalue weighted by Gasteiger charge is -2.44. The van der Waals surface area contributed by atoms with E-state index in [1.165, 1.54) is 11.1 Å². The lowest BCUT2D eigenvalue weighted by molar-refractivity contribution is 0.0290. The van der Waals surface area contributed by atoms with Crippen LogP contribution >= 0.6 is 11.6 Å². The van der Waals surface area contributed by atoms with Crippen LogP contribution in [0.2, 0.25) is 5.02 Å². The summed E-state index contributed by atoms with van der Waals surface area (Å²) in [5.41, 5.74) is 2.92. The van der Waals surface area contributed by atoms with E-state index in [2.05, 4.69) is 29.7 Å². The van der Waals surface area contributed by atoms with Crippen LogP contribution < -0.4 is 0 Å². The normalized spacial score (nSPS) is 21.3. The van der Waals surface area contributed by atoms with Gasteiger partial charge in [0.05, 0.1) is 0 Å². The maximum Gasteiger partial charge on any atom is 0.188 e. The van der Waals surface area contributed by atoms with Gasteiger partial charge in [0.15, 0.2) is 5.78 Å². The van der Waals surface area contributed by atoms with Crippen LogP contribution in [-0.4, -0.2) is 52.5 Å². The number of piperazine rings is 1. The molecule has 1 saturated heterocycles. The Balaban J connectivity index is 1.61. The van der Waals surface area contributed by atoms with Crippen LogP contribution in [0.25, 0.3) is 0 Å². The Morgan fingerprint density at radius 3 is 2.26 bits per heavy atom. The van der Waals surface area contributed by atoms with E-state index >= 15 is 0 Å². The van der Waals surface area contributed by atoms with Gasteiger partial charge in [-0.25, -0.2) is 0 Å². The standard InChI is InChI=1S/C22H27ClN2O2/c1-16-11-24(13-18-7-9-19(10-8-18)22(27)15-26)12-17(2)25(16)14-20-5-3-4-6-21(20)23/h3-10,16-17,26H,11-15H2,1-2H3/t16-,17+. The van der Waals surface area contributed by atoms with Crippen molar-refractivity contribution in [3.05, 3.63) is 70.2 Å². The maximum atomic E-state index is 11.5. The number of aliphatic hydroxyl groups is 1. The highest BCUT2D eigenvalue weighted by molar-refractivity contribution is 6.31. The Morgan fingerprint density at radius 1 is 1.04 bits per heavy atom. The quantitative estimate of drug-likeness (QED) is 0.770. The number of carbonyl (C=O) groups is 1. The lowest BCUT2D eigenvalue weighted by atomic mass is 10.0. The van der Waals surface area contributed by atoms with E-state index in [0.29, 0.717) is 17.6 Å². The molecule has 1 heterocycles. The third-order valence-corrected chi connectivity index (χ3v) is 5.68. The molecule has 4 nitrogen and oxygen atoms in total. The number of rotatable bonds is 6. The van der Waals surface area contributed by atoms with Gasteiger partial charge in [-0.3, -0.25) is 14.6 Å². The van der Waals surface area contributed by atoms with Gasteiger partial charge in [0.25, 0.3) is 0 Å². The van der Waals surface area contributed by atoms with Crippen LogP contribution in [0, 0.1) is 0 Å². The summed E-state index contributed by atoms with van der Waals surface area (Å²) >= 11 is 6.34. The van der Waals surface area contributed by atoms with Gasteiger partial charge in [-0.15, -0.1) is 0 Å². The molecule has 144 valence electrons. The predicted molar refractivity (Wildman–Crippen MR) is 109 cm³/mol. The Bertz CT molecular complexity index is 766. The summed E-state index contributed by atoms with van der Waals surface area (Å²) < 4.78 is 0. The van der Waals surface area contributed by atoms with Gasteiger partial charge in [0, 0.05) is 48.8 Å². The Kier molecular flexibility index (Phi) is 6.66. The molecule has 0 bridgehead atoms. The topological polar surface area (TPSA) is 43.8 Å². The van der Waals surface area contributed by atoms with Crippen LogP contribution in [0.3, 0.4) is 0 Å². The van der Waals surface area contributed by atoms with E-state index in [1.807, 2.05) is 30.3 Å². The van der Waals surface area contributed by atoms with E-state index in [1.54, 1.807) is 12.1 Å². The Morgan fingerprint density at radius 2 is 1.67 bits per heavy atom. The summed E-state index contributed by atoms with van der Waals surface area (Å²) in [7, 11) is 0. The zero-order valence-corrected chi connectivity index (χ0v) is 16.7. The van der Waals surface area contributed by atoms with Gasteiger partial charge >= 0.3 is 0 Å². The summed E-state index contributed by atoms with van der Waals surface area (Å²) in [5, 5.41) is 9.78. The minimum Gasteiger partial charge on any atom is -0.388 e. The Labute approximate surface area is 166 Å². The van der Waals surface area contributed by atoms with E-state index in [0.717, 1.165) is 31.2 Å². The van der Waals surface area contributed by atoms with E-state index < -0.39 is 6.61 Å². The molecule has 0 amide bonds. The number of aliphatic hydroxyl groups excluding tert-OH is 1. The van der Waals surface area contributed by atoms with Crippen molar-refractivity contribution in [2.75, 3.05) is 19.7 Å². The van der Waals surface area contributed by atoms with Crippen molar-refractivity contribution in [3.63, 3.8) is 0 Å². The zero-order chi connectivity index (χ0) is 19.4. The van der Waals surface area contributed by atoms with Crippen LogP contribution in [0.4, 0.5) is 0 Å². The number of carbonyl (C=O) groups excluding carboxylic acids is 1. The van der Waals surface area contributed by atoms with E-state index in [4.69, 9.17) is 16.7 Å². The first-order chi connectivity index (χ1) is 13.0. The molecule has 1 fully saturated rings. The molecule has 0 unspecified atom stereocenters. The van der Waals surface area contributed by atoms with Crippen molar-refractivity contribution >= 4 is 17.4 Å². The fourth-order valence-corrected chi connectivity index (χ4v) is 4.07. The molecule has 0 radical (unpaired) electrons. The van der Waals surface area contributed by atoms with Gasteiger partial charge in [-0.2, -0.15) is 0 Å². The molecule has 2 atom stereocenters. The fraction of sp³-hybridized carbons (Fsp3) is 0.409. The van der Waals surface area contributed by atoms with Crippen molar-refractivity contribution in [1.82, 2.24) is 9.80 Å². The first kappa shape index (κ1) is 20.0. The van der Waals surface area contributed by atoms with Crippen molar-refractivity contribution in [3.8, 4) is 0 Å². The average Bonchev–Trinajstić information content (AvgIpc) is 2.66. The molecule has 0 saturated carbocycles. The smallest absolute Gasteiger partial charge is 0.188 e. The first-order valence-electron chi connectivity index (χ1n) is 9.42. The number of nitrogens with zero attached hydrogens (tertiary/aromatic N) is 2. The molecule has 0 aliphatic carbocycles. The Hall–Kier alpha value is -1.72. The number of hydrogen-bond donors (Lipinski definition) is 1. The second-order valence-corrected chi connectivity index (χ2v) is 7.84. The van der Waals surface area contributed by atoms with Gasteiger partial charge in [-0.1, -0.05) is 54.1 Å². The summed E-state index contributed by atoms with van der Waals surface area (Å²) in [5.74, 6) is -0.239. The number of Topliss-reactive ketones (excluding diaryl/α,β-unsaturated/α-hetero) is 1.